The molecule has 0 amide bonds. The van der Waals surface area contributed by atoms with Crippen LogP contribution in [0.3, 0.4) is 0 Å². The Balaban J connectivity index is 2.24. The van der Waals surface area contributed by atoms with Crippen molar-refractivity contribution in [2.24, 2.45) is 0 Å². The second-order valence-electron chi connectivity index (χ2n) is 4.42. The third kappa shape index (κ3) is 3.56. The van der Waals surface area contributed by atoms with Gasteiger partial charge in [-0.15, -0.1) is 0 Å². The van der Waals surface area contributed by atoms with Crippen LogP contribution >= 0.6 is 0 Å². The van der Waals surface area contributed by atoms with E-state index in [2.05, 4.69) is 17.0 Å². The lowest BCUT2D eigenvalue weighted by atomic mass is 10.1. The van der Waals surface area contributed by atoms with Gasteiger partial charge in [-0.1, -0.05) is 48.5 Å². The number of aliphatic hydroxyl groups excluding tert-OH is 2. The van der Waals surface area contributed by atoms with Crippen LogP contribution in [0.1, 0.15) is 11.1 Å². The largest absolute Gasteiger partial charge is 0.395 e. The molecule has 0 saturated carbocycles. The van der Waals surface area contributed by atoms with Gasteiger partial charge in [0.05, 0.1) is 13.2 Å². The summed E-state index contributed by atoms with van der Waals surface area (Å²) < 4.78 is 0. The van der Waals surface area contributed by atoms with Crippen LogP contribution in [0.2, 0.25) is 0 Å². The number of para-hydroxylation sites is 1. The minimum Gasteiger partial charge on any atom is -0.395 e. The highest BCUT2D eigenvalue weighted by Crippen LogP contribution is 2.22. The summed E-state index contributed by atoms with van der Waals surface area (Å²) in [6.07, 6.45) is 0. The van der Waals surface area contributed by atoms with Crippen molar-refractivity contribution >= 4 is 5.69 Å². The standard InChI is InChI=1S/C16H19NO2/c18-11-10-17(12-14-6-2-1-3-7-14)16-9-5-4-8-15(16)13-19/h1-9,18-19H,10-13H2. The van der Waals surface area contributed by atoms with E-state index in [1.165, 1.54) is 5.56 Å². The van der Waals surface area contributed by atoms with Gasteiger partial charge in [-0.3, -0.25) is 0 Å². The van der Waals surface area contributed by atoms with Gasteiger partial charge in [-0.05, 0) is 11.6 Å². The number of anilines is 1. The summed E-state index contributed by atoms with van der Waals surface area (Å²) in [6.45, 7) is 1.36. The van der Waals surface area contributed by atoms with Crippen LogP contribution < -0.4 is 4.90 Å². The highest BCUT2D eigenvalue weighted by Gasteiger charge is 2.10. The fourth-order valence-corrected chi connectivity index (χ4v) is 2.16. The first kappa shape index (κ1) is 13.6. The molecule has 3 heteroatoms. The molecule has 0 bridgehead atoms. The molecule has 0 aliphatic heterocycles. The molecule has 2 aromatic carbocycles. The van der Waals surface area contributed by atoms with Gasteiger partial charge in [-0.2, -0.15) is 0 Å². The maximum atomic E-state index is 9.41. The lowest BCUT2D eigenvalue weighted by Gasteiger charge is -2.26. The number of aliphatic hydroxyl groups is 2. The smallest absolute Gasteiger partial charge is 0.0702 e. The minimum atomic E-state index is 0.00684. The summed E-state index contributed by atoms with van der Waals surface area (Å²) in [6, 6.07) is 17.9. The third-order valence-corrected chi connectivity index (χ3v) is 3.09. The van der Waals surface area contributed by atoms with Crippen LogP contribution in [-0.4, -0.2) is 23.4 Å². The van der Waals surface area contributed by atoms with E-state index in [1.807, 2.05) is 42.5 Å². The summed E-state index contributed by atoms with van der Waals surface area (Å²) >= 11 is 0. The maximum Gasteiger partial charge on any atom is 0.0702 e. The van der Waals surface area contributed by atoms with Crippen molar-refractivity contribution in [3.8, 4) is 0 Å². The van der Waals surface area contributed by atoms with Crippen LogP contribution in [0.5, 0.6) is 0 Å². The van der Waals surface area contributed by atoms with Crippen molar-refractivity contribution in [3.63, 3.8) is 0 Å². The van der Waals surface area contributed by atoms with Crippen molar-refractivity contribution in [2.75, 3.05) is 18.1 Å². The van der Waals surface area contributed by atoms with Gasteiger partial charge < -0.3 is 15.1 Å². The van der Waals surface area contributed by atoms with Gasteiger partial charge in [0.15, 0.2) is 0 Å². The van der Waals surface area contributed by atoms with Gasteiger partial charge >= 0.3 is 0 Å². The zero-order valence-electron chi connectivity index (χ0n) is 10.9. The fraction of sp³-hybridized carbons (Fsp3) is 0.250. The Hall–Kier alpha value is -1.84. The van der Waals surface area contributed by atoms with E-state index in [4.69, 9.17) is 0 Å². The molecular formula is C16H19NO2. The van der Waals surface area contributed by atoms with E-state index >= 15 is 0 Å². The Morgan fingerprint density at radius 2 is 1.53 bits per heavy atom. The zero-order chi connectivity index (χ0) is 13.5. The molecule has 0 unspecified atom stereocenters. The third-order valence-electron chi connectivity index (χ3n) is 3.09. The number of rotatable bonds is 6. The number of hydrogen-bond donors (Lipinski definition) is 2. The first-order chi connectivity index (χ1) is 9.35. The second kappa shape index (κ2) is 6.92. The summed E-state index contributed by atoms with van der Waals surface area (Å²) in [7, 11) is 0. The van der Waals surface area contributed by atoms with E-state index in [-0.39, 0.29) is 13.2 Å². The summed E-state index contributed by atoms with van der Waals surface area (Å²) in [4.78, 5) is 2.08. The van der Waals surface area contributed by atoms with E-state index in [0.717, 1.165) is 17.8 Å². The van der Waals surface area contributed by atoms with Crippen molar-refractivity contribution in [2.45, 2.75) is 13.2 Å². The Kier molecular flexibility index (Phi) is 4.95. The predicted molar refractivity (Wildman–Crippen MR) is 76.9 cm³/mol. The van der Waals surface area contributed by atoms with Gasteiger partial charge in [0.2, 0.25) is 0 Å². The van der Waals surface area contributed by atoms with Crippen LogP contribution in [0, 0.1) is 0 Å². The van der Waals surface area contributed by atoms with Gasteiger partial charge in [-0.25, -0.2) is 0 Å². The minimum absolute atomic E-state index is 0.00684. The highest BCUT2D eigenvalue weighted by atomic mass is 16.3. The molecular weight excluding hydrogens is 238 g/mol. The molecule has 100 valence electrons. The molecule has 2 rings (SSSR count). The average molecular weight is 257 g/mol. The van der Waals surface area contributed by atoms with Crippen molar-refractivity contribution in [1.29, 1.82) is 0 Å². The molecule has 0 saturated heterocycles. The number of nitrogens with zero attached hydrogens (tertiary/aromatic N) is 1. The first-order valence-electron chi connectivity index (χ1n) is 6.43. The molecule has 2 N–H and O–H groups in total. The molecule has 2 aromatic rings. The Morgan fingerprint density at radius 3 is 2.21 bits per heavy atom. The highest BCUT2D eigenvalue weighted by molar-refractivity contribution is 5.53. The summed E-state index contributed by atoms with van der Waals surface area (Å²) in [5, 5.41) is 18.6. The molecule has 0 aromatic heterocycles. The van der Waals surface area contributed by atoms with Crippen LogP contribution in [-0.2, 0) is 13.2 Å². The zero-order valence-corrected chi connectivity index (χ0v) is 10.9. The molecule has 0 radical (unpaired) electrons. The van der Waals surface area contributed by atoms with E-state index in [1.54, 1.807) is 0 Å². The molecule has 0 aliphatic carbocycles. The normalized spacial score (nSPS) is 10.4. The molecule has 0 heterocycles. The lowest BCUT2D eigenvalue weighted by molar-refractivity contribution is 0.280. The SMILES string of the molecule is OCCN(Cc1ccccc1)c1ccccc1CO. The van der Waals surface area contributed by atoms with E-state index in [9.17, 15) is 10.2 Å². The Labute approximate surface area is 113 Å². The Bertz CT molecular complexity index is 499. The molecule has 0 fully saturated rings. The lowest BCUT2D eigenvalue weighted by Crippen LogP contribution is -2.27. The number of hydrogen-bond acceptors (Lipinski definition) is 3. The van der Waals surface area contributed by atoms with Crippen molar-refractivity contribution in [3.05, 3.63) is 65.7 Å². The topological polar surface area (TPSA) is 43.7 Å². The van der Waals surface area contributed by atoms with Gasteiger partial charge in [0, 0.05) is 24.3 Å². The first-order valence-corrected chi connectivity index (χ1v) is 6.43. The van der Waals surface area contributed by atoms with Crippen LogP contribution in [0.4, 0.5) is 5.69 Å². The molecule has 0 aliphatic rings. The van der Waals surface area contributed by atoms with Crippen LogP contribution in [0.15, 0.2) is 54.6 Å². The van der Waals surface area contributed by atoms with Gasteiger partial charge in [0.1, 0.15) is 0 Å². The molecule has 0 atom stereocenters. The predicted octanol–water partition coefficient (Wildman–Crippen LogP) is 2.18. The van der Waals surface area contributed by atoms with Crippen molar-refractivity contribution in [1.82, 2.24) is 0 Å². The summed E-state index contributed by atoms with van der Waals surface area (Å²) in [5.41, 5.74) is 3.04. The average Bonchev–Trinajstić information content (AvgIpc) is 2.48. The summed E-state index contributed by atoms with van der Waals surface area (Å²) in [5.74, 6) is 0. The fourth-order valence-electron chi connectivity index (χ4n) is 2.16. The quantitative estimate of drug-likeness (QED) is 0.833. The van der Waals surface area contributed by atoms with E-state index < -0.39 is 0 Å². The maximum absolute atomic E-state index is 9.41. The number of benzene rings is 2. The molecule has 0 spiro atoms. The molecule has 19 heavy (non-hydrogen) atoms. The van der Waals surface area contributed by atoms with E-state index in [0.29, 0.717) is 6.54 Å². The second-order valence-corrected chi connectivity index (χ2v) is 4.42. The van der Waals surface area contributed by atoms with Crippen molar-refractivity contribution < 1.29 is 10.2 Å². The monoisotopic (exact) mass is 257 g/mol. The van der Waals surface area contributed by atoms with Crippen LogP contribution in [0.25, 0.3) is 0 Å². The Morgan fingerprint density at radius 1 is 0.842 bits per heavy atom. The van der Waals surface area contributed by atoms with Gasteiger partial charge in [0.25, 0.3) is 0 Å². The molecule has 3 nitrogen and oxygen atoms in total.